The van der Waals surface area contributed by atoms with Crippen molar-refractivity contribution in [3.05, 3.63) is 18.5 Å². The van der Waals surface area contributed by atoms with Crippen LogP contribution >= 0.6 is 0 Å². The van der Waals surface area contributed by atoms with Crippen molar-refractivity contribution in [2.75, 3.05) is 5.73 Å². The lowest BCUT2D eigenvalue weighted by molar-refractivity contribution is 0.617. The smallest absolute Gasteiger partial charge is 0.174 e. The van der Waals surface area contributed by atoms with Gasteiger partial charge >= 0.3 is 0 Å². The maximum absolute atomic E-state index is 5.61. The van der Waals surface area contributed by atoms with Gasteiger partial charge in [-0.3, -0.25) is 0 Å². The number of nitrogens with two attached hydrogens (primary N) is 1. The molecule has 0 aliphatic heterocycles. The summed E-state index contributed by atoms with van der Waals surface area (Å²) >= 11 is 0. The maximum atomic E-state index is 5.61. The topological polar surface area (TPSA) is 44.1 Å². The van der Waals surface area contributed by atoms with Crippen LogP contribution in [0.25, 0.3) is 11.1 Å². The van der Waals surface area contributed by atoms with Gasteiger partial charge in [0.2, 0.25) is 0 Å². The summed E-state index contributed by atoms with van der Waals surface area (Å²) in [6, 6.07) is 1.89. The third-order valence-electron chi connectivity index (χ3n) is 1.62. The minimum absolute atomic E-state index is 0.697. The first kappa shape index (κ1) is 5.41. The van der Waals surface area contributed by atoms with Crippen LogP contribution in [-0.4, -0.2) is 4.57 Å². The van der Waals surface area contributed by atoms with Gasteiger partial charge in [0, 0.05) is 19.3 Å². The Balaban J connectivity index is 2.98. The van der Waals surface area contributed by atoms with Gasteiger partial charge in [0.05, 0.1) is 17.5 Å². The molecule has 0 bridgehead atoms. The second kappa shape index (κ2) is 1.56. The lowest BCUT2D eigenvalue weighted by Gasteiger charge is -1.84. The summed E-state index contributed by atoms with van der Waals surface area (Å²) in [5.41, 5.74) is 8.12. The first-order valence-corrected chi connectivity index (χ1v) is 3.07. The number of hydrogen-bond acceptors (Lipinski definition) is 2. The molecule has 0 saturated carbocycles. The molecule has 0 aliphatic carbocycles. The van der Waals surface area contributed by atoms with E-state index in [4.69, 9.17) is 10.2 Å². The monoisotopic (exact) mass is 136 g/mol. The molecule has 0 aromatic carbocycles. The van der Waals surface area contributed by atoms with E-state index in [1.807, 2.05) is 23.9 Å². The van der Waals surface area contributed by atoms with E-state index in [0.717, 1.165) is 11.1 Å². The summed E-state index contributed by atoms with van der Waals surface area (Å²) in [5, 5.41) is 0. The molecule has 52 valence electrons. The molecule has 0 atom stereocenters. The van der Waals surface area contributed by atoms with E-state index in [1.165, 1.54) is 0 Å². The third kappa shape index (κ3) is 0.492. The van der Waals surface area contributed by atoms with Crippen LogP contribution in [0.3, 0.4) is 0 Å². The highest BCUT2D eigenvalue weighted by Gasteiger charge is 2.04. The van der Waals surface area contributed by atoms with E-state index in [9.17, 15) is 0 Å². The molecule has 3 nitrogen and oxygen atoms in total. The number of aryl methyl sites for hydroxylation is 1. The molecule has 3 heteroatoms. The minimum atomic E-state index is 0.697. The van der Waals surface area contributed by atoms with Crippen LogP contribution in [0.4, 0.5) is 5.69 Å². The summed E-state index contributed by atoms with van der Waals surface area (Å²) in [6.45, 7) is 0. The van der Waals surface area contributed by atoms with Crippen molar-refractivity contribution in [1.82, 2.24) is 4.57 Å². The molecule has 2 N–H and O–H groups in total. The van der Waals surface area contributed by atoms with Crippen molar-refractivity contribution in [2.24, 2.45) is 7.05 Å². The van der Waals surface area contributed by atoms with Gasteiger partial charge in [-0.05, 0) is 0 Å². The van der Waals surface area contributed by atoms with Gasteiger partial charge in [-0.25, -0.2) is 0 Å². The van der Waals surface area contributed by atoms with Crippen LogP contribution in [0.1, 0.15) is 0 Å². The van der Waals surface area contributed by atoms with Gasteiger partial charge in [-0.1, -0.05) is 0 Å². The number of rotatable bonds is 0. The highest BCUT2D eigenvalue weighted by molar-refractivity contribution is 5.86. The van der Waals surface area contributed by atoms with Crippen molar-refractivity contribution in [2.45, 2.75) is 0 Å². The molecule has 2 aromatic heterocycles. The third-order valence-corrected chi connectivity index (χ3v) is 1.62. The SMILES string of the molecule is Cn1cc(N)c2occc21. The van der Waals surface area contributed by atoms with Crippen LogP contribution in [-0.2, 0) is 7.05 Å². The Morgan fingerprint density at radius 3 is 3.10 bits per heavy atom. The molecule has 2 rings (SSSR count). The van der Waals surface area contributed by atoms with E-state index in [-0.39, 0.29) is 0 Å². The van der Waals surface area contributed by atoms with Crippen LogP contribution in [0.2, 0.25) is 0 Å². The number of hydrogen-bond donors (Lipinski definition) is 1. The number of aromatic nitrogens is 1. The van der Waals surface area contributed by atoms with E-state index >= 15 is 0 Å². The molecule has 2 aromatic rings. The first-order chi connectivity index (χ1) is 4.79. The standard InChI is InChI=1S/C7H8N2O/c1-9-4-5(8)7-6(9)2-3-10-7/h2-4H,8H2,1H3. The summed E-state index contributed by atoms with van der Waals surface area (Å²) in [4.78, 5) is 0. The lowest BCUT2D eigenvalue weighted by Crippen LogP contribution is -1.82. The average Bonchev–Trinajstić information content (AvgIpc) is 2.39. The molecular weight excluding hydrogens is 128 g/mol. The molecule has 0 unspecified atom stereocenters. The second-order valence-corrected chi connectivity index (χ2v) is 2.33. The Morgan fingerprint density at radius 2 is 2.40 bits per heavy atom. The number of furan rings is 1. The zero-order chi connectivity index (χ0) is 7.14. The zero-order valence-corrected chi connectivity index (χ0v) is 5.66. The van der Waals surface area contributed by atoms with Crippen LogP contribution in [0.5, 0.6) is 0 Å². The molecule has 0 radical (unpaired) electrons. The van der Waals surface area contributed by atoms with Gasteiger partial charge < -0.3 is 14.7 Å². The van der Waals surface area contributed by atoms with E-state index in [1.54, 1.807) is 6.26 Å². The Kier molecular flexibility index (Phi) is 0.845. The molecular formula is C7H8N2O. The van der Waals surface area contributed by atoms with E-state index < -0.39 is 0 Å². The van der Waals surface area contributed by atoms with Crippen LogP contribution < -0.4 is 5.73 Å². The minimum Gasteiger partial charge on any atom is -0.460 e. The first-order valence-electron chi connectivity index (χ1n) is 3.07. The predicted molar refractivity (Wildman–Crippen MR) is 39.6 cm³/mol. The maximum Gasteiger partial charge on any atom is 0.174 e. The molecule has 0 spiro atoms. The van der Waals surface area contributed by atoms with Crippen molar-refractivity contribution in [3.8, 4) is 0 Å². The number of nitrogen functional groups attached to an aromatic ring is 1. The predicted octanol–water partition coefficient (Wildman–Crippen LogP) is 1.35. The summed E-state index contributed by atoms with van der Waals surface area (Å²) in [7, 11) is 1.94. The van der Waals surface area contributed by atoms with Gasteiger partial charge in [0.1, 0.15) is 0 Å². The highest BCUT2D eigenvalue weighted by atomic mass is 16.3. The van der Waals surface area contributed by atoms with Gasteiger partial charge in [-0.2, -0.15) is 0 Å². The molecule has 2 heterocycles. The molecule has 0 aliphatic rings. The Bertz CT molecular complexity index is 327. The van der Waals surface area contributed by atoms with Gasteiger partial charge in [0.15, 0.2) is 5.58 Å². The normalized spacial score (nSPS) is 10.9. The number of nitrogens with zero attached hydrogens (tertiary/aromatic N) is 1. The molecule has 10 heavy (non-hydrogen) atoms. The van der Waals surface area contributed by atoms with Gasteiger partial charge in [0.25, 0.3) is 0 Å². The van der Waals surface area contributed by atoms with Gasteiger partial charge in [-0.15, -0.1) is 0 Å². The van der Waals surface area contributed by atoms with Crippen molar-refractivity contribution < 1.29 is 4.42 Å². The van der Waals surface area contributed by atoms with E-state index in [2.05, 4.69) is 0 Å². The highest BCUT2D eigenvalue weighted by Crippen LogP contribution is 2.22. The van der Waals surface area contributed by atoms with Crippen molar-refractivity contribution in [3.63, 3.8) is 0 Å². The summed E-state index contributed by atoms with van der Waals surface area (Å²) < 4.78 is 7.06. The average molecular weight is 136 g/mol. The molecule has 0 amide bonds. The van der Waals surface area contributed by atoms with E-state index in [0.29, 0.717) is 5.69 Å². The summed E-state index contributed by atoms with van der Waals surface area (Å²) in [6.07, 6.45) is 3.48. The fourth-order valence-electron chi connectivity index (χ4n) is 1.13. The Labute approximate surface area is 58.0 Å². The van der Waals surface area contributed by atoms with Crippen LogP contribution in [0, 0.1) is 0 Å². The van der Waals surface area contributed by atoms with Crippen molar-refractivity contribution in [1.29, 1.82) is 0 Å². The molecule has 0 fully saturated rings. The van der Waals surface area contributed by atoms with Crippen LogP contribution in [0.15, 0.2) is 22.9 Å². The fourth-order valence-corrected chi connectivity index (χ4v) is 1.13. The lowest BCUT2D eigenvalue weighted by atomic mass is 10.4. The fraction of sp³-hybridized carbons (Fsp3) is 0.143. The number of anilines is 1. The quantitative estimate of drug-likeness (QED) is 0.594. The van der Waals surface area contributed by atoms with Crippen molar-refractivity contribution >= 4 is 16.8 Å². The number of fused-ring (bicyclic) bond motifs is 1. The Morgan fingerprint density at radius 1 is 1.60 bits per heavy atom. The zero-order valence-electron chi connectivity index (χ0n) is 5.66. The second-order valence-electron chi connectivity index (χ2n) is 2.33. The largest absolute Gasteiger partial charge is 0.460 e. The molecule has 0 saturated heterocycles. The summed E-state index contributed by atoms with van der Waals surface area (Å²) in [5.74, 6) is 0. The Hall–Kier alpha value is -1.38.